The molecule has 0 radical (unpaired) electrons. The molecule has 1 unspecified atom stereocenters. The van der Waals surface area contributed by atoms with Gasteiger partial charge < -0.3 is 20.3 Å². The number of nitrogens with two attached hydrogens (primary N) is 1. The van der Waals surface area contributed by atoms with Gasteiger partial charge in [-0.15, -0.1) is 0 Å². The van der Waals surface area contributed by atoms with Gasteiger partial charge in [0.25, 0.3) is 5.91 Å². The van der Waals surface area contributed by atoms with Crippen molar-refractivity contribution in [2.24, 2.45) is 0 Å². The molecular weight excluding hydrogens is 300 g/mol. The van der Waals surface area contributed by atoms with Gasteiger partial charge in [0, 0.05) is 13.5 Å². The quantitative estimate of drug-likeness (QED) is 0.715. The zero-order valence-corrected chi connectivity index (χ0v) is 12.3. The predicted molar refractivity (Wildman–Crippen MR) is 73.8 cm³/mol. The summed E-state index contributed by atoms with van der Waals surface area (Å²) in [6, 6.07) is -0.484. The summed E-state index contributed by atoms with van der Waals surface area (Å²) < 4.78 is 10.0. The lowest BCUT2D eigenvalue weighted by atomic mass is 10.3. The first-order valence-electron chi connectivity index (χ1n) is 6.14. The van der Waals surface area contributed by atoms with Gasteiger partial charge in [0.15, 0.2) is 11.6 Å². The normalized spacial score (nSPS) is 12.3. The van der Waals surface area contributed by atoms with E-state index in [9.17, 15) is 4.79 Å². The summed E-state index contributed by atoms with van der Waals surface area (Å²) in [6.45, 7) is 2.20. The SMILES string of the molecule is COCCc1noc(C(C)NC(=O)c2[nH]nc(N)c2Cl)n1. The van der Waals surface area contributed by atoms with E-state index in [0.717, 1.165) is 0 Å². The van der Waals surface area contributed by atoms with Crippen LogP contribution in [-0.4, -0.2) is 40.0 Å². The highest BCUT2D eigenvalue weighted by molar-refractivity contribution is 6.35. The van der Waals surface area contributed by atoms with Crippen molar-refractivity contribution in [3.8, 4) is 0 Å². The Labute approximate surface area is 125 Å². The van der Waals surface area contributed by atoms with Crippen molar-refractivity contribution in [2.75, 3.05) is 19.5 Å². The number of H-pyrrole nitrogens is 1. The van der Waals surface area contributed by atoms with Crippen molar-refractivity contribution in [3.63, 3.8) is 0 Å². The number of halogens is 1. The molecule has 0 saturated heterocycles. The number of hydrogen-bond donors (Lipinski definition) is 3. The maximum atomic E-state index is 12.0. The number of hydrogen-bond acceptors (Lipinski definition) is 7. The highest BCUT2D eigenvalue weighted by Crippen LogP contribution is 2.20. The molecule has 2 aromatic rings. The summed E-state index contributed by atoms with van der Waals surface area (Å²) in [7, 11) is 1.59. The monoisotopic (exact) mass is 314 g/mol. The van der Waals surface area contributed by atoms with Gasteiger partial charge in [-0.3, -0.25) is 9.89 Å². The van der Waals surface area contributed by atoms with Crippen molar-refractivity contribution in [3.05, 3.63) is 22.4 Å². The zero-order chi connectivity index (χ0) is 15.4. The maximum Gasteiger partial charge on any atom is 0.271 e. The molecule has 0 spiro atoms. The number of nitrogens with zero attached hydrogens (tertiary/aromatic N) is 3. The Hall–Kier alpha value is -2.13. The van der Waals surface area contributed by atoms with E-state index < -0.39 is 11.9 Å². The van der Waals surface area contributed by atoms with Gasteiger partial charge in [0.2, 0.25) is 5.89 Å². The van der Waals surface area contributed by atoms with E-state index in [1.54, 1.807) is 14.0 Å². The molecule has 10 heteroatoms. The molecule has 9 nitrogen and oxygen atoms in total. The third-order valence-corrected chi connectivity index (χ3v) is 3.07. The number of aromatic nitrogens is 4. The Morgan fingerprint density at radius 3 is 3.00 bits per heavy atom. The van der Waals surface area contributed by atoms with E-state index in [-0.39, 0.29) is 22.4 Å². The van der Waals surface area contributed by atoms with Gasteiger partial charge in [0.05, 0.1) is 6.61 Å². The summed E-state index contributed by atoms with van der Waals surface area (Å²) in [4.78, 5) is 16.2. The molecular formula is C11H15ClN6O3. The zero-order valence-electron chi connectivity index (χ0n) is 11.5. The lowest BCUT2D eigenvalue weighted by Crippen LogP contribution is -2.27. The summed E-state index contributed by atoms with van der Waals surface area (Å²) in [6.07, 6.45) is 0.531. The Morgan fingerprint density at radius 1 is 1.62 bits per heavy atom. The molecule has 0 aliphatic rings. The number of ether oxygens (including phenoxy) is 1. The molecule has 2 rings (SSSR count). The fourth-order valence-corrected chi connectivity index (χ4v) is 1.73. The molecule has 0 bridgehead atoms. The molecule has 0 aliphatic carbocycles. The van der Waals surface area contributed by atoms with Gasteiger partial charge in [-0.2, -0.15) is 10.1 Å². The van der Waals surface area contributed by atoms with Crippen LogP contribution in [0.2, 0.25) is 5.02 Å². The van der Waals surface area contributed by atoms with Crippen LogP contribution in [-0.2, 0) is 11.2 Å². The Kier molecular flexibility index (Phi) is 4.76. The van der Waals surface area contributed by atoms with E-state index in [1.165, 1.54) is 0 Å². The minimum absolute atomic E-state index is 0.0640. The second kappa shape index (κ2) is 6.55. The molecule has 2 aromatic heterocycles. The summed E-state index contributed by atoms with van der Waals surface area (Å²) in [5.41, 5.74) is 5.55. The number of methoxy groups -OCH3 is 1. The molecule has 0 saturated carbocycles. The third kappa shape index (κ3) is 3.50. The number of carbonyl (C=O) groups excluding carboxylic acids is 1. The van der Waals surface area contributed by atoms with Crippen LogP contribution in [0, 0.1) is 0 Å². The molecule has 21 heavy (non-hydrogen) atoms. The number of amides is 1. The minimum Gasteiger partial charge on any atom is -0.384 e. The number of rotatable bonds is 6. The van der Waals surface area contributed by atoms with E-state index in [0.29, 0.717) is 18.9 Å². The summed E-state index contributed by atoms with van der Waals surface area (Å²) >= 11 is 5.85. The van der Waals surface area contributed by atoms with Crippen LogP contribution in [0.4, 0.5) is 5.82 Å². The van der Waals surface area contributed by atoms with E-state index in [1.807, 2.05) is 0 Å². The molecule has 0 aliphatic heterocycles. The number of nitrogens with one attached hydrogen (secondary N) is 2. The third-order valence-electron chi connectivity index (χ3n) is 2.69. The Bertz CT molecular complexity index is 625. The van der Waals surface area contributed by atoms with Crippen LogP contribution in [0.1, 0.15) is 35.2 Å². The second-order valence-corrected chi connectivity index (χ2v) is 4.66. The van der Waals surface area contributed by atoms with Gasteiger partial charge in [-0.25, -0.2) is 0 Å². The molecule has 0 aromatic carbocycles. The number of aromatic amines is 1. The first-order chi connectivity index (χ1) is 10.0. The van der Waals surface area contributed by atoms with Gasteiger partial charge in [0.1, 0.15) is 16.8 Å². The van der Waals surface area contributed by atoms with Crippen LogP contribution in [0.25, 0.3) is 0 Å². The summed E-state index contributed by atoms with van der Waals surface area (Å²) in [5, 5.41) is 12.6. The topological polar surface area (TPSA) is 132 Å². The molecule has 114 valence electrons. The number of carbonyl (C=O) groups is 1. The molecule has 0 fully saturated rings. The van der Waals surface area contributed by atoms with E-state index in [2.05, 4.69) is 25.7 Å². The average molecular weight is 315 g/mol. The van der Waals surface area contributed by atoms with Gasteiger partial charge in [-0.05, 0) is 6.92 Å². The van der Waals surface area contributed by atoms with Crippen molar-refractivity contribution in [2.45, 2.75) is 19.4 Å². The molecule has 2 heterocycles. The Morgan fingerprint density at radius 2 is 2.38 bits per heavy atom. The van der Waals surface area contributed by atoms with Crippen LogP contribution in [0.15, 0.2) is 4.52 Å². The lowest BCUT2D eigenvalue weighted by Gasteiger charge is -2.08. The van der Waals surface area contributed by atoms with Crippen molar-refractivity contribution in [1.82, 2.24) is 25.7 Å². The summed E-state index contributed by atoms with van der Waals surface area (Å²) in [5.74, 6) is 0.400. The van der Waals surface area contributed by atoms with Crippen molar-refractivity contribution < 1.29 is 14.1 Å². The van der Waals surface area contributed by atoms with Crippen LogP contribution < -0.4 is 11.1 Å². The fraction of sp³-hybridized carbons (Fsp3) is 0.455. The second-order valence-electron chi connectivity index (χ2n) is 4.28. The van der Waals surface area contributed by atoms with E-state index >= 15 is 0 Å². The first kappa shape index (κ1) is 15.3. The molecule has 1 amide bonds. The predicted octanol–water partition coefficient (Wildman–Crippen LogP) is 0.708. The molecule has 1 atom stereocenters. The smallest absolute Gasteiger partial charge is 0.271 e. The number of nitrogen functional groups attached to an aromatic ring is 1. The minimum atomic E-state index is -0.484. The van der Waals surface area contributed by atoms with Crippen molar-refractivity contribution in [1.29, 1.82) is 0 Å². The fourth-order valence-electron chi connectivity index (χ4n) is 1.56. The number of anilines is 1. The maximum absolute atomic E-state index is 12.0. The molecule has 4 N–H and O–H groups in total. The standard InChI is InChI=1S/C11H15ClN6O3/c1-5(11-15-6(18-21-11)3-4-20-2)14-10(19)8-7(12)9(13)17-16-8/h5H,3-4H2,1-2H3,(H,14,19)(H3,13,16,17). The van der Waals surface area contributed by atoms with Crippen LogP contribution >= 0.6 is 11.6 Å². The van der Waals surface area contributed by atoms with Crippen molar-refractivity contribution >= 4 is 23.3 Å². The first-order valence-corrected chi connectivity index (χ1v) is 6.52. The average Bonchev–Trinajstić information content (AvgIpc) is 3.05. The van der Waals surface area contributed by atoms with Gasteiger partial charge in [-0.1, -0.05) is 16.8 Å². The Balaban J connectivity index is 2.00. The lowest BCUT2D eigenvalue weighted by molar-refractivity contribution is 0.0927. The van der Waals surface area contributed by atoms with Crippen LogP contribution in [0.3, 0.4) is 0 Å². The highest BCUT2D eigenvalue weighted by atomic mass is 35.5. The van der Waals surface area contributed by atoms with Gasteiger partial charge >= 0.3 is 0 Å². The highest BCUT2D eigenvalue weighted by Gasteiger charge is 2.21. The van der Waals surface area contributed by atoms with Crippen LogP contribution in [0.5, 0.6) is 0 Å². The van der Waals surface area contributed by atoms with E-state index in [4.69, 9.17) is 26.6 Å². The largest absolute Gasteiger partial charge is 0.384 e.